The molecule has 2 rings (SSSR count). The number of halogens is 2. The summed E-state index contributed by atoms with van der Waals surface area (Å²) in [7, 11) is 0. The Morgan fingerprint density at radius 3 is 2.61 bits per heavy atom. The minimum Gasteiger partial charge on any atom is -0.494 e. The van der Waals surface area contributed by atoms with Gasteiger partial charge in [0.15, 0.2) is 0 Å². The molecular formula is C16H21ClFN3O2. The summed E-state index contributed by atoms with van der Waals surface area (Å²) in [4.78, 5) is 3.90. The molecule has 0 saturated carbocycles. The lowest BCUT2D eigenvalue weighted by Crippen LogP contribution is -2.39. The van der Waals surface area contributed by atoms with E-state index in [0.717, 1.165) is 0 Å². The van der Waals surface area contributed by atoms with E-state index in [1.54, 1.807) is 42.8 Å². The first kappa shape index (κ1) is 17.7. The molecule has 0 saturated heterocycles. The molecule has 2 atom stereocenters. The molecule has 0 bridgehead atoms. The molecule has 1 heterocycles. The molecule has 0 amide bonds. The number of aliphatic hydroxyl groups is 1. The van der Waals surface area contributed by atoms with E-state index in [9.17, 15) is 9.50 Å². The Morgan fingerprint density at radius 2 is 2.04 bits per heavy atom. The second-order valence-corrected chi connectivity index (χ2v) is 6.54. The van der Waals surface area contributed by atoms with Crippen LogP contribution >= 0.6 is 11.6 Å². The number of ether oxygens (including phenoxy) is 1. The number of alkyl halides is 1. The van der Waals surface area contributed by atoms with Crippen molar-refractivity contribution < 1.29 is 14.2 Å². The second-order valence-electron chi connectivity index (χ2n) is 6.10. The van der Waals surface area contributed by atoms with Crippen molar-refractivity contribution in [1.82, 2.24) is 14.8 Å². The quantitative estimate of drug-likeness (QED) is 0.800. The highest BCUT2D eigenvalue weighted by Gasteiger charge is 2.35. The van der Waals surface area contributed by atoms with Crippen molar-refractivity contribution >= 4 is 11.6 Å². The van der Waals surface area contributed by atoms with Gasteiger partial charge in [0.1, 0.15) is 18.4 Å². The highest BCUT2D eigenvalue weighted by Crippen LogP contribution is 2.31. The van der Waals surface area contributed by atoms with Crippen LogP contribution in [0.3, 0.4) is 0 Å². The smallest absolute Gasteiger partial charge is 0.137 e. The minimum atomic E-state index is -0.914. The van der Waals surface area contributed by atoms with E-state index in [1.807, 2.05) is 0 Å². The molecule has 0 radical (unpaired) electrons. The van der Waals surface area contributed by atoms with Gasteiger partial charge in [-0.25, -0.2) is 9.67 Å². The molecule has 0 fully saturated rings. The number of hydrogen-bond acceptors (Lipinski definition) is 4. The van der Waals surface area contributed by atoms with Gasteiger partial charge in [0.2, 0.25) is 0 Å². The van der Waals surface area contributed by atoms with Gasteiger partial charge in [-0.3, -0.25) is 4.39 Å². The number of aromatic nitrogens is 3. The molecule has 2 unspecified atom stereocenters. The van der Waals surface area contributed by atoms with Crippen LogP contribution in [0.15, 0.2) is 36.9 Å². The fourth-order valence-electron chi connectivity index (χ4n) is 2.25. The van der Waals surface area contributed by atoms with Gasteiger partial charge in [0, 0.05) is 16.9 Å². The summed E-state index contributed by atoms with van der Waals surface area (Å²) in [6.45, 7) is 3.09. The highest BCUT2D eigenvalue weighted by molar-refractivity contribution is 6.30. The Bertz CT molecular complexity index is 590. The van der Waals surface area contributed by atoms with E-state index >= 15 is 0 Å². The topological polar surface area (TPSA) is 60.2 Å². The van der Waals surface area contributed by atoms with Crippen molar-refractivity contribution in [2.75, 3.05) is 13.3 Å². The number of hydrogen-bond donors (Lipinski definition) is 1. The molecule has 0 aliphatic carbocycles. The zero-order chi connectivity index (χ0) is 16.9. The number of aliphatic hydroxyl groups excluding tert-OH is 1. The van der Waals surface area contributed by atoms with Crippen LogP contribution in [0.4, 0.5) is 4.39 Å². The Labute approximate surface area is 140 Å². The molecule has 1 aromatic heterocycles. The van der Waals surface area contributed by atoms with Crippen molar-refractivity contribution in [2.45, 2.75) is 32.4 Å². The van der Waals surface area contributed by atoms with E-state index < -0.39 is 24.2 Å². The standard InChI is InChI=1S/C16H21ClFN3O2/c1-16(2,9-18)15(22)14(21-11-19-10-20-21)7-8-23-13-5-3-12(17)4-6-13/h3-6,10-11,14-15,22H,7-9H2,1-2H3. The zero-order valence-electron chi connectivity index (χ0n) is 13.2. The first-order chi connectivity index (χ1) is 10.9. The Kier molecular flexibility index (Phi) is 5.96. The van der Waals surface area contributed by atoms with Crippen molar-refractivity contribution in [3.8, 4) is 5.75 Å². The fraction of sp³-hybridized carbons (Fsp3) is 0.500. The molecule has 5 nitrogen and oxygen atoms in total. The van der Waals surface area contributed by atoms with Crippen LogP contribution in [0.25, 0.3) is 0 Å². The summed E-state index contributed by atoms with van der Waals surface area (Å²) in [5.74, 6) is 0.686. The average molecular weight is 342 g/mol. The lowest BCUT2D eigenvalue weighted by Gasteiger charge is -2.33. The number of rotatable bonds is 8. The third kappa shape index (κ3) is 4.65. The van der Waals surface area contributed by atoms with Gasteiger partial charge in [0.25, 0.3) is 0 Å². The van der Waals surface area contributed by atoms with Gasteiger partial charge < -0.3 is 9.84 Å². The average Bonchev–Trinajstić information content (AvgIpc) is 3.07. The Morgan fingerprint density at radius 1 is 1.35 bits per heavy atom. The van der Waals surface area contributed by atoms with Crippen molar-refractivity contribution in [3.05, 3.63) is 41.9 Å². The van der Waals surface area contributed by atoms with Crippen LogP contribution in [0.2, 0.25) is 5.02 Å². The first-order valence-electron chi connectivity index (χ1n) is 7.40. The maximum absolute atomic E-state index is 13.2. The fourth-order valence-corrected chi connectivity index (χ4v) is 2.38. The van der Waals surface area contributed by atoms with E-state index in [4.69, 9.17) is 16.3 Å². The predicted molar refractivity (Wildman–Crippen MR) is 86.4 cm³/mol. The highest BCUT2D eigenvalue weighted by atomic mass is 35.5. The summed E-state index contributed by atoms with van der Waals surface area (Å²) >= 11 is 5.83. The van der Waals surface area contributed by atoms with E-state index in [-0.39, 0.29) is 0 Å². The van der Waals surface area contributed by atoms with E-state index in [0.29, 0.717) is 23.8 Å². The van der Waals surface area contributed by atoms with E-state index in [1.165, 1.54) is 12.7 Å². The van der Waals surface area contributed by atoms with Gasteiger partial charge in [0.05, 0.1) is 25.4 Å². The maximum atomic E-state index is 13.2. The molecular weight excluding hydrogens is 321 g/mol. The zero-order valence-corrected chi connectivity index (χ0v) is 13.9. The summed E-state index contributed by atoms with van der Waals surface area (Å²) < 4.78 is 20.4. The molecule has 126 valence electrons. The summed E-state index contributed by atoms with van der Waals surface area (Å²) in [6.07, 6.45) is 2.46. The molecule has 1 N–H and O–H groups in total. The molecule has 2 aromatic rings. The van der Waals surface area contributed by atoms with Crippen molar-refractivity contribution in [3.63, 3.8) is 0 Å². The summed E-state index contributed by atoms with van der Waals surface area (Å²) in [5.41, 5.74) is -0.878. The molecule has 1 aromatic carbocycles. The van der Waals surface area contributed by atoms with Crippen LogP contribution < -0.4 is 4.74 Å². The van der Waals surface area contributed by atoms with Gasteiger partial charge in [-0.15, -0.1) is 0 Å². The first-order valence-corrected chi connectivity index (χ1v) is 7.78. The van der Waals surface area contributed by atoms with Gasteiger partial charge in [-0.1, -0.05) is 25.4 Å². The van der Waals surface area contributed by atoms with Crippen LogP contribution in [0.1, 0.15) is 26.3 Å². The number of nitrogens with zero attached hydrogens (tertiary/aromatic N) is 3. The molecule has 0 spiro atoms. The predicted octanol–water partition coefficient (Wildman–Crippen LogP) is 3.30. The lowest BCUT2D eigenvalue weighted by molar-refractivity contribution is -0.0168. The minimum absolute atomic E-state index is 0.353. The molecule has 7 heteroatoms. The normalized spacial score (nSPS) is 14.5. The van der Waals surface area contributed by atoms with Crippen LogP contribution in [-0.4, -0.2) is 39.3 Å². The van der Waals surface area contributed by atoms with Crippen LogP contribution in [0.5, 0.6) is 5.75 Å². The van der Waals surface area contributed by atoms with Crippen molar-refractivity contribution in [2.24, 2.45) is 5.41 Å². The third-order valence-corrected chi connectivity index (χ3v) is 4.03. The monoisotopic (exact) mass is 341 g/mol. The van der Waals surface area contributed by atoms with Gasteiger partial charge in [-0.05, 0) is 24.3 Å². The lowest BCUT2D eigenvalue weighted by atomic mass is 9.83. The Balaban J connectivity index is 2.02. The summed E-state index contributed by atoms with van der Waals surface area (Å²) in [5, 5.41) is 15.3. The van der Waals surface area contributed by atoms with E-state index in [2.05, 4.69) is 10.1 Å². The Hall–Kier alpha value is -1.66. The van der Waals surface area contributed by atoms with Gasteiger partial charge in [-0.2, -0.15) is 5.10 Å². The summed E-state index contributed by atoms with van der Waals surface area (Å²) in [6, 6.07) is 6.61. The largest absolute Gasteiger partial charge is 0.494 e. The van der Waals surface area contributed by atoms with Gasteiger partial charge >= 0.3 is 0 Å². The van der Waals surface area contributed by atoms with Crippen LogP contribution in [0, 0.1) is 5.41 Å². The molecule has 23 heavy (non-hydrogen) atoms. The molecule has 0 aliphatic heterocycles. The maximum Gasteiger partial charge on any atom is 0.137 e. The van der Waals surface area contributed by atoms with Crippen molar-refractivity contribution in [1.29, 1.82) is 0 Å². The molecule has 0 aliphatic rings. The third-order valence-electron chi connectivity index (χ3n) is 3.78. The SMILES string of the molecule is CC(C)(CF)C(O)C(CCOc1ccc(Cl)cc1)n1cncn1. The number of benzene rings is 1. The van der Waals surface area contributed by atoms with Crippen LogP contribution in [-0.2, 0) is 0 Å². The second kappa shape index (κ2) is 7.75.